The second-order valence-electron chi connectivity index (χ2n) is 9.22. The molecule has 0 aliphatic heterocycles. The second-order valence-corrected chi connectivity index (χ2v) is 10.7. The highest BCUT2D eigenvalue weighted by molar-refractivity contribution is 7.22. The van der Waals surface area contributed by atoms with E-state index in [2.05, 4.69) is 10.1 Å². The zero-order valence-corrected chi connectivity index (χ0v) is 22.3. The number of carboxylic acids is 1. The number of benzene rings is 3. The molecule has 11 heteroatoms. The summed E-state index contributed by atoms with van der Waals surface area (Å²) in [6, 6.07) is 17.4. The van der Waals surface area contributed by atoms with Crippen LogP contribution in [0.25, 0.3) is 54.1 Å². The number of pyridine rings is 1. The summed E-state index contributed by atoms with van der Waals surface area (Å²) in [5.74, 6) is -0.932. The van der Waals surface area contributed by atoms with E-state index in [1.54, 1.807) is 30.5 Å². The molecular weight excluding hydrogens is 561 g/mol. The number of thiazole rings is 1. The molecule has 1 N–H and O–H groups in total. The molecule has 0 atom stereocenters. The number of aliphatic carboxylic acids is 1. The van der Waals surface area contributed by atoms with Gasteiger partial charge in [0.2, 0.25) is 0 Å². The molecule has 3 aromatic carbocycles. The van der Waals surface area contributed by atoms with Gasteiger partial charge in [-0.05, 0) is 66.1 Å². The van der Waals surface area contributed by atoms with Gasteiger partial charge < -0.3 is 5.11 Å². The highest BCUT2D eigenvalue weighted by Gasteiger charge is 2.33. The molecule has 0 unspecified atom stereocenters. The number of hydrogen-bond acceptors (Lipinski definition) is 5. The van der Waals surface area contributed by atoms with Crippen molar-refractivity contribution in [2.24, 2.45) is 0 Å². The van der Waals surface area contributed by atoms with Crippen molar-refractivity contribution in [2.45, 2.75) is 19.6 Å². The number of alkyl halides is 3. The van der Waals surface area contributed by atoms with Crippen LogP contribution in [0.1, 0.15) is 11.1 Å². The van der Waals surface area contributed by atoms with E-state index in [0.29, 0.717) is 32.2 Å². The van der Waals surface area contributed by atoms with Gasteiger partial charge in [-0.3, -0.25) is 9.78 Å². The molecule has 0 radical (unpaired) electrons. The average molecular weight is 579 g/mol. The number of aryl methyl sites for hydroxylation is 1. The van der Waals surface area contributed by atoms with E-state index in [1.807, 2.05) is 37.3 Å². The minimum Gasteiger partial charge on any atom is -0.481 e. The Morgan fingerprint density at radius 2 is 1.77 bits per heavy atom. The molecule has 0 saturated heterocycles. The number of fused-ring (bicyclic) bond motifs is 2. The molecule has 3 aromatic heterocycles. The van der Waals surface area contributed by atoms with Crippen LogP contribution in [0.5, 0.6) is 0 Å². The summed E-state index contributed by atoms with van der Waals surface area (Å²) in [4.78, 5) is 21.0. The van der Waals surface area contributed by atoms with Crippen molar-refractivity contribution in [2.75, 3.05) is 0 Å². The lowest BCUT2D eigenvalue weighted by molar-refractivity contribution is -0.209. The number of hydrogen-bond donors (Lipinski definition) is 1. The van der Waals surface area contributed by atoms with E-state index in [0.717, 1.165) is 32.5 Å². The van der Waals surface area contributed by atoms with E-state index >= 15 is 0 Å². The monoisotopic (exact) mass is 578 g/mol. The fourth-order valence-electron chi connectivity index (χ4n) is 4.78. The Bertz CT molecular complexity index is 1930. The molecule has 6 aromatic rings. The first-order valence-electron chi connectivity index (χ1n) is 12.0. The van der Waals surface area contributed by atoms with Crippen molar-refractivity contribution >= 4 is 50.0 Å². The molecule has 0 saturated carbocycles. The zero-order valence-electron chi connectivity index (χ0n) is 20.7. The molecule has 40 heavy (non-hydrogen) atoms. The fourth-order valence-corrected chi connectivity index (χ4v) is 6.04. The van der Waals surface area contributed by atoms with Gasteiger partial charge in [0.15, 0.2) is 0 Å². The summed E-state index contributed by atoms with van der Waals surface area (Å²) >= 11 is 7.55. The van der Waals surface area contributed by atoms with E-state index < -0.39 is 12.3 Å². The molecule has 0 bridgehead atoms. The fraction of sp³-hybridized carbons (Fsp3) is 0.103. The minimum atomic E-state index is -4.61. The van der Waals surface area contributed by atoms with Crippen LogP contribution < -0.4 is 0 Å². The summed E-state index contributed by atoms with van der Waals surface area (Å²) in [6.07, 6.45) is -1.94. The molecule has 0 spiro atoms. The molecular formula is C29H18ClF3N4O2S. The van der Waals surface area contributed by atoms with Crippen LogP contribution in [0.2, 0.25) is 5.02 Å². The molecule has 6 nitrogen and oxygen atoms in total. The van der Waals surface area contributed by atoms with Crippen LogP contribution in [-0.2, 0) is 17.5 Å². The van der Waals surface area contributed by atoms with Crippen molar-refractivity contribution in [1.82, 2.24) is 19.7 Å². The van der Waals surface area contributed by atoms with Gasteiger partial charge in [0.05, 0.1) is 34.0 Å². The van der Waals surface area contributed by atoms with Crippen molar-refractivity contribution in [3.8, 4) is 33.0 Å². The second kappa shape index (κ2) is 9.72. The third-order valence-corrected chi connectivity index (χ3v) is 7.97. The van der Waals surface area contributed by atoms with Crippen LogP contribution in [0.15, 0.2) is 73.1 Å². The summed E-state index contributed by atoms with van der Waals surface area (Å²) in [6.45, 7) is 1.87. The number of aromatic nitrogens is 4. The van der Waals surface area contributed by atoms with Crippen molar-refractivity contribution < 1.29 is 23.1 Å². The first-order chi connectivity index (χ1) is 19.1. The highest BCUT2D eigenvalue weighted by atomic mass is 35.5. The molecule has 0 amide bonds. The van der Waals surface area contributed by atoms with E-state index in [1.165, 1.54) is 23.6 Å². The maximum absolute atomic E-state index is 13.2. The topological polar surface area (TPSA) is 80.9 Å². The summed E-state index contributed by atoms with van der Waals surface area (Å²) in [7, 11) is 0. The smallest absolute Gasteiger partial charge is 0.481 e. The Kier molecular flexibility index (Phi) is 6.31. The van der Waals surface area contributed by atoms with E-state index in [9.17, 15) is 23.1 Å². The normalized spacial score (nSPS) is 11.9. The van der Waals surface area contributed by atoms with Gasteiger partial charge in [0, 0.05) is 33.3 Å². The van der Waals surface area contributed by atoms with Gasteiger partial charge in [-0.2, -0.15) is 9.78 Å². The predicted octanol–water partition coefficient (Wildman–Crippen LogP) is 8.11. The third-order valence-electron chi connectivity index (χ3n) is 6.58. The van der Waals surface area contributed by atoms with Crippen LogP contribution in [0.3, 0.4) is 0 Å². The summed E-state index contributed by atoms with van der Waals surface area (Å²) in [5, 5.41) is 14.7. The molecule has 3 heterocycles. The zero-order chi connectivity index (χ0) is 28.2. The highest BCUT2D eigenvalue weighted by Crippen LogP contribution is 2.41. The molecule has 200 valence electrons. The van der Waals surface area contributed by atoms with Gasteiger partial charge in [-0.25, -0.2) is 4.98 Å². The first kappa shape index (κ1) is 26.0. The standard InChI is InChI=1S/C29H18ClF3N4O2S/c1-15-10-23-27(26(21(15)13-25(38)39)16-2-5-20(30)6-3-16)40-28(36-23)18-8-9-34-22(12-18)17-4-7-24-19(11-17)14-35-37(24)29(31,32)33/h2-12,14H,13H2,1H3,(H,38,39). The number of carbonyl (C=O) groups is 1. The van der Waals surface area contributed by atoms with Crippen LogP contribution in [0.4, 0.5) is 13.2 Å². The maximum atomic E-state index is 13.2. The Labute approximate surface area is 234 Å². The SMILES string of the molecule is Cc1cc2nc(-c3ccnc(-c4ccc5c(cnn5C(F)(F)F)c4)c3)sc2c(-c2ccc(Cl)cc2)c1CC(=O)O. The lowest BCUT2D eigenvalue weighted by atomic mass is 9.93. The van der Waals surface area contributed by atoms with E-state index in [4.69, 9.17) is 16.6 Å². The number of halogens is 4. The van der Waals surface area contributed by atoms with E-state index in [-0.39, 0.29) is 16.6 Å². The number of nitrogens with zero attached hydrogens (tertiary/aromatic N) is 4. The van der Waals surface area contributed by atoms with Gasteiger partial charge in [-0.1, -0.05) is 29.8 Å². The van der Waals surface area contributed by atoms with Gasteiger partial charge in [0.25, 0.3) is 0 Å². The number of rotatable bonds is 5. The Balaban J connectivity index is 1.46. The lowest BCUT2D eigenvalue weighted by Gasteiger charge is -2.13. The van der Waals surface area contributed by atoms with Gasteiger partial charge in [0.1, 0.15) is 5.01 Å². The summed E-state index contributed by atoms with van der Waals surface area (Å²) < 4.78 is 40.5. The Hall–Kier alpha value is -4.28. The maximum Gasteiger partial charge on any atom is 0.505 e. The minimum absolute atomic E-state index is 0.0377. The van der Waals surface area contributed by atoms with Crippen molar-refractivity contribution in [3.05, 3.63) is 89.2 Å². The largest absolute Gasteiger partial charge is 0.505 e. The molecule has 6 rings (SSSR count). The van der Waals surface area contributed by atoms with Crippen LogP contribution in [-0.4, -0.2) is 30.8 Å². The van der Waals surface area contributed by atoms with Crippen LogP contribution >= 0.6 is 22.9 Å². The molecule has 0 aliphatic rings. The molecule has 0 aliphatic carbocycles. The predicted molar refractivity (Wildman–Crippen MR) is 149 cm³/mol. The summed E-state index contributed by atoms with van der Waals surface area (Å²) in [5.41, 5.74) is 5.85. The third kappa shape index (κ3) is 4.69. The Morgan fingerprint density at radius 3 is 2.50 bits per heavy atom. The van der Waals surface area contributed by atoms with Crippen molar-refractivity contribution in [1.29, 1.82) is 0 Å². The average Bonchev–Trinajstić information content (AvgIpc) is 3.53. The van der Waals surface area contributed by atoms with Gasteiger partial charge in [-0.15, -0.1) is 24.5 Å². The number of carboxylic acid groups (broad SMARTS) is 1. The first-order valence-corrected chi connectivity index (χ1v) is 13.2. The lowest BCUT2D eigenvalue weighted by Crippen LogP contribution is -2.17. The van der Waals surface area contributed by atoms with Crippen LogP contribution in [0, 0.1) is 6.92 Å². The quantitative estimate of drug-likeness (QED) is 0.223. The van der Waals surface area contributed by atoms with Gasteiger partial charge >= 0.3 is 12.3 Å². The molecule has 0 fully saturated rings. The Morgan fingerprint density at radius 1 is 1.02 bits per heavy atom. The van der Waals surface area contributed by atoms with Crippen molar-refractivity contribution in [3.63, 3.8) is 0 Å².